The summed E-state index contributed by atoms with van der Waals surface area (Å²) in [4.78, 5) is 60.8. The van der Waals surface area contributed by atoms with E-state index in [2.05, 4.69) is 5.16 Å². The first-order valence-electron chi connectivity index (χ1n) is 21.0. The molecule has 0 bridgehead atoms. The Morgan fingerprint density at radius 1 is 0.984 bits per heavy atom. The van der Waals surface area contributed by atoms with Crippen molar-refractivity contribution >= 4 is 37.8 Å². The lowest BCUT2D eigenvalue weighted by Crippen LogP contribution is -2.65. The van der Waals surface area contributed by atoms with Crippen LogP contribution in [0.1, 0.15) is 119 Å². The number of fused-ring (bicyclic) bond motifs is 4. The summed E-state index contributed by atoms with van der Waals surface area (Å²) in [5, 5.41) is 16.8. The van der Waals surface area contributed by atoms with E-state index in [0.717, 1.165) is 16.5 Å². The zero-order chi connectivity index (χ0) is 46.1. The molecule has 62 heavy (non-hydrogen) atoms. The highest BCUT2D eigenvalue weighted by Crippen LogP contribution is 2.60. The summed E-state index contributed by atoms with van der Waals surface area (Å²) < 4.78 is 52.9. The Morgan fingerprint density at radius 2 is 1.61 bits per heavy atom. The largest absolute Gasteiger partial charge is 0.514 e. The number of hydrogen-bond acceptors (Lipinski definition) is 13. The number of aliphatic hydroxyl groups is 1. The minimum absolute atomic E-state index is 0.0169. The van der Waals surface area contributed by atoms with E-state index < -0.39 is 94.7 Å². The lowest BCUT2D eigenvalue weighted by atomic mass is 9.58. The fourth-order valence-electron chi connectivity index (χ4n) is 8.20. The van der Waals surface area contributed by atoms with Gasteiger partial charge in [-0.15, -0.1) is 0 Å². The van der Waals surface area contributed by atoms with Crippen molar-refractivity contribution < 1.29 is 56.6 Å². The number of ether oxygens (including phenoxy) is 4. The van der Waals surface area contributed by atoms with E-state index in [9.17, 15) is 14.7 Å². The number of aromatic nitrogens is 1. The van der Waals surface area contributed by atoms with Gasteiger partial charge in [-0.1, -0.05) is 58.0 Å². The topological polar surface area (TPSA) is 167 Å². The molecule has 14 nitrogen and oxygen atoms in total. The third-order valence-corrected chi connectivity index (χ3v) is 16.7. The van der Waals surface area contributed by atoms with Gasteiger partial charge in [0.15, 0.2) is 31.2 Å². The molecule has 1 heterocycles. The molecule has 0 fully saturated rings. The van der Waals surface area contributed by atoms with Gasteiger partial charge in [-0.3, -0.25) is 19.4 Å². The van der Waals surface area contributed by atoms with E-state index in [-0.39, 0.29) is 53.5 Å². The molecule has 336 valence electrons. The van der Waals surface area contributed by atoms with Gasteiger partial charge < -0.3 is 33.0 Å². The second-order valence-electron chi connectivity index (χ2n) is 19.9. The molecule has 0 saturated carbocycles. The molecule has 2 aromatic carbocycles. The summed E-state index contributed by atoms with van der Waals surface area (Å²) in [7, 11) is 0.0748. The fraction of sp³-hybridized carbons (Fsp3) is 0.543. The van der Waals surface area contributed by atoms with Crippen LogP contribution in [-0.4, -0.2) is 84.7 Å². The minimum atomic E-state index is -3.07. The van der Waals surface area contributed by atoms with Crippen LogP contribution in [0.4, 0.5) is 19.7 Å². The quantitative estimate of drug-likeness (QED) is 0.123. The van der Waals surface area contributed by atoms with Gasteiger partial charge in [-0.25, -0.2) is 14.0 Å². The molecule has 6 rings (SSSR count). The van der Waals surface area contributed by atoms with Crippen molar-refractivity contribution in [3.63, 3.8) is 0 Å². The standard InChI is InChI=1S/C46H60FN3O11Si/c1-15-49(11)34-28-22-26-21-27-29(47)23-30(50(12)41(54)58-43(2,3)4)36(57-42(55)59-44(5,6)7)32(27)35(51)31(26)38(52)46(28,61-62(13,14)45(8,9)10)39(53)33-37(34)60-48-40(33)56-24-25-19-17-16-18-20-25/h16-20,23,26,28,34,52H,15,21-22,24H2,1-14H3/t26-,28-,34-,46?/m0/s1. The monoisotopic (exact) mass is 877 g/mol. The van der Waals surface area contributed by atoms with Crippen molar-refractivity contribution in [2.24, 2.45) is 11.8 Å². The maximum absolute atomic E-state index is 16.7. The van der Waals surface area contributed by atoms with E-state index in [1.165, 1.54) is 7.05 Å². The van der Waals surface area contributed by atoms with Gasteiger partial charge in [0.1, 0.15) is 34.9 Å². The highest BCUT2D eigenvalue weighted by atomic mass is 28.4. The highest BCUT2D eigenvalue weighted by Gasteiger charge is 2.67. The summed E-state index contributed by atoms with van der Waals surface area (Å²) in [5.74, 6) is -5.13. The number of nitrogens with zero attached hydrogens (tertiary/aromatic N) is 3. The molecule has 4 atom stereocenters. The number of aliphatic hydroxyl groups excluding tert-OH is 1. The maximum Gasteiger partial charge on any atom is 0.514 e. The predicted molar refractivity (Wildman–Crippen MR) is 231 cm³/mol. The van der Waals surface area contributed by atoms with E-state index in [1.807, 2.05) is 83.1 Å². The van der Waals surface area contributed by atoms with Crippen molar-refractivity contribution in [2.45, 2.75) is 130 Å². The average molecular weight is 878 g/mol. The molecular weight excluding hydrogens is 818 g/mol. The highest BCUT2D eigenvalue weighted by molar-refractivity contribution is 6.74. The number of benzene rings is 2. The van der Waals surface area contributed by atoms with Crippen LogP contribution in [0.2, 0.25) is 18.1 Å². The Hall–Kier alpha value is -5.06. The van der Waals surface area contributed by atoms with Crippen LogP contribution in [-0.2, 0) is 26.9 Å². The van der Waals surface area contributed by atoms with Crippen molar-refractivity contribution in [1.29, 1.82) is 0 Å². The molecule has 0 spiro atoms. The van der Waals surface area contributed by atoms with Gasteiger partial charge in [0.05, 0.1) is 17.3 Å². The van der Waals surface area contributed by atoms with Crippen LogP contribution in [0.25, 0.3) is 0 Å². The number of carbonyl (C=O) groups excluding carboxylic acids is 4. The van der Waals surface area contributed by atoms with Gasteiger partial charge in [0.2, 0.25) is 5.78 Å². The zero-order valence-electron chi connectivity index (χ0n) is 38.3. The van der Waals surface area contributed by atoms with E-state index in [4.69, 9.17) is 27.9 Å². The van der Waals surface area contributed by atoms with Crippen LogP contribution in [0, 0.1) is 17.7 Å². The number of Topliss-reactive ketones (excluding diaryl/α,β-unsaturated/α-hetero) is 2. The number of hydrogen-bond donors (Lipinski definition) is 1. The second-order valence-corrected chi connectivity index (χ2v) is 24.7. The Bertz CT molecular complexity index is 2300. The summed E-state index contributed by atoms with van der Waals surface area (Å²) >= 11 is 0. The number of carbonyl (C=O) groups is 4. The smallest absolute Gasteiger partial charge is 0.508 e. The van der Waals surface area contributed by atoms with E-state index in [0.29, 0.717) is 6.54 Å². The van der Waals surface area contributed by atoms with Gasteiger partial charge in [-0.05, 0) is 103 Å². The van der Waals surface area contributed by atoms with Gasteiger partial charge in [-0.2, -0.15) is 0 Å². The van der Waals surface area contributed by atoms with Crippen LogP contribution in [0.15, 0.2) is 52.3 Å². The molecule has 1 aromatic heterocycles. The normalized spacial score (nSPS) is 21.5. The van der Waals surface area contributed by atoms with Crippen LogP contribution in [0.5, 0.6) is 11.6 Å². The van der Waals surface area contributed by atoms with Gasteiger partial charge in [0.25, 0.3) is 5.88 Å². The molecule has 1 unspecified atom stereocenters. The van der Waals surface area contributed by atoms with Crippen molar-refractivity contribution in [3.05, 3.63) is 81.6 Å². The summed E-state index contributed by atoms with van der Waals surface area (Å²) in [6.45, 7) is 22.2. The minimum Gasteiger partial charge on any atom is -0.508 e. The average Bonchev–Trinajstić information content (AvgIpc) is 3.57. The summed E-state index contributed by atoms with van der Waals surface area (Å²) in [6, 6.07) is 9.61. The molecule has 3 aliphatic carbocycles. The van der Waals surface area contributed by atoms with Crippen molar-refractivity contribution in [3.8, 4) is 11.6 Å². The molecule has 3 aliphatic rings. The predicted octanol–water partition coefficient (Wildman–Crippen LogP) is 9.91. The second kappa shape index (κ2) is 16.2. The Kier molecular flexibility index (Phi) is 12.2. The lowest BCUT2D eigenvalue weighted by molar-refractivity contribution is -0.0511. The number of rotatable bonds is 9. The summed E-state index contributed by atoms with van der Waals surface area (Å²) in [6.07, 6.45) is -2.23. The number of amides is 1. The molecule has 0 saturated heterocycles. The van der Waals surface area contributed by atoms with Crippen LogP contribution >= 0.6 is 0 Å². The SMILES string of the molecule is CCN(C)[C@@H]1c2onc(OCc3ccccc3)c2C(=O)C2(O[Si](C)(C)C(C)(C)C)C(O)=C3C(=O)c4c(c(F)cc(N(C)C(=O)OC(C)(C)C)c4OC(=O)OC(C)(C)C)C[C@H]3C[C@@H]12. The Balaban J connectivity index is 1.61. The first-order valence-corrected chi connectivity index (χ1v) is 23.9. The third-order valence-electron chi connectivity index (χ3n) is 12.2. The molecule has 0 aliphatic heterocycles. The van der Waals surface area contributed by atoms with E-state index >= 15 is 14.0 Å². The molecule has 0 radical (unpaired) electrons. The number of anilines is 1. The molecule has 1 N–H and O–H groups in total. The molecule has 3 aromatic rings. The van der Waals surface area contributed by atoms with Crippen LogP contribution in [0.3, 0.4) is 0 Å². The third kappa shape index (κ3) is 8.40. The lowest BCUT2D eigenvalue weighted by Gasteiger charge is -2.55. The van der Waals surface area contributed by atoms with Gasteiger partial charge in [0, 0.05) is 30.2 Å². The number of allylic oxidation sites excluding steroid dienone is 1. The Labute approximate surface area is 363 Å². The number of halogens is 1. The first-order chi connectivity index (χ1) is 28.6. The molecule has 1 amide bonds. The molecule has 16 heteroatoms. The maximum atomic E-state index is 16.7. The first kappa shape index (κ1) is 46.4. The number of ketones is 2. The molecular formula is C46H60FN3O11Si. The zero-order valence-corrected chi connectivity index (χ0v) is 39.3. The van der Waals surface area contributed by atoms with Crippen LogP contribution < -0.4 is 14.4 Å². The fourth-order valence-corrected chi connectivity index (χ4v) is 9.65. The van der Waals surface area contributed by atoms with Crippen molar-refractivity contribution in [2.75, 3.05) is 25.5 Å². The van der Waals surface area contributed by atoms with Gasteiger partial charge >= 0.3 is 12.2 Å². The summed E-state index contributed by atoms with van der Waals surface area (Å²) in [5.41, 5.74) is -4.40. The Morgan fingerprint density at radius 3 is 2.19 bits per heavy atom. The van der Waals surface area contributed by atoms with Crippen molar-refractivity contribution in [1.82, 2.24) is 10.1 Å². The van der Waals surface area contributed by atoms with E-state index in [1.54, 1.807) is 41.5 Å².